The third-order valence-electron chi connectivity index (χ3n) is 4.49. The number of hydrogen-bond donors (Lipinski definition) is 0. The molecule has 0 radical (unpaired) electrons. The average Bonchev–Trinajstić information content (AvgIpc) is 2.68. The lowest BCUT2D eigenvalue weighted by atomic mass is 10.0. The molecule has 26 heavy (non-hydrogen) atoms. The second kappa shape index (κ2) is 7.73. The summed E-state index contributed by atoms with van der Waals surface area (Å²) in [6.07, 6.45) is 0. The van der Waals surface area contributed by atoms with Crippen molar-refractivity contribution in [1.82, 2.24) is 0 Å². The van der Waals surface area contributed by atoms with Crippen molar-refractivity contribution in [3.8, 4) is 0 Å². The average molecular weight is 427 g/mol. The molecule has 0 amide bonds. The predicted molar refractivity (Wildman–Crippen MR) is 113 cm³/mol. The van der Waals surface area contributed by atoms with Crippen molar-refractivity contribution in [3.05, 3.63) is 95.1 Å². The first-order valence-electron chi connectivity index (χ1n) is 8.40. The van der Waals surface area contributed by atoms with Gasteiger partial charge in [0.15, 0.2) is 0 Å². The molecule has 0 atom stereocenters. The maximum atomic E-state index is 14.2. The summed E-state index contributed by atoms with van der Waals surface area (Å²) in [5.41, 5.74) is 3.08. The predicted octanol–water partition coefficient (Wildman–Crippen LogP) is 5.35. The van der Waals surface area contributed by atoms with Gasteiger partial charge in [-0.3, -0.25) is 4.79 Å². The number of aryl methyl sites for hydroxylation is 2. The number of carbonyl (C=O) groups excluding carboxylic acids is 1. The summed E-state index contributed by atoms with van der Waals surface area (Å²) >= 11 is 3.46. The molecule has 3 aromatic rings. The molecule has 0 spiro atoms. The van der Waals surface area contributed by atoms with Crippen LogP contribution in [0.25, 0.3) is 0 Å². The maximum Gasteiger partial charge on any atom is 0.230 e. The normalized spacial score (nSPS) is 11.3. The Morgan fingerprint density at radius 3 is 1.65 bits per heavy atom. The molecule has 132 valence electrons. The largest absolute Gasteiger partial charge is 0.305 e. The SMILES string of the molecule is Cc1cc(CBr)cc(C)c1C(=O)P(=O)(c1ccccc1)c1ccccc1. The second-order valence-electron chi connectivity index (χ2n) is 6.32. The van der Waals surface area contributed by atoms with Crippen LogP contribution in [0.5, 0.6) is 0 Å². The Labute approximate surface area is 162 Å². The van der Waals surface area contributed by atoms with Gasteiger partial charge in [0.1, 0.15) is 0 Å². The van der Waals surface area contributed by atoms with Crippen LogP contribution in [0.3, 0.4) is 0 Å². The molecule has 0 saturated carbocycles. The number of rotatable bonds is 5. The summed E-state index contributed by atoms with van der Waals surface area (Å²) in [5, 5.41) is 1.86. The van der Waals surface area contributed by atoms with Crippen LogP contribution in [0.4, 0.5) is 0 Å². The molecule has 0 unspecified atom stereocenters. The molecular formula is C22H20BrO2P. The first-order valence-corrected chi connectivity index (χ1v) is 11.2. The monoisotopic (exact) mass is 426 g/mol. The van der Waals surface area contributed by atoms with E-state index in [0.717, 1.165) is 22.0 Å². The van der Waals surface area contributed by atoms with E-state index < -0.39 is 7.14 Å². The van der Waals surface area contributed by atoms with E-state index in [-0.39, 0.29) is 5.52 Å². The molecule has 2 nitrogen and oxygen atoms in total. The molecule has 4 heteroatoms. The topological polar surface area (TPSA) is 34.1 Å². The van der Waals surface area contributed by atoms with E-state index in [1.165, 1.54) is 0 Å². The lowest BCUT2D eigenvalue weighted by Crippen LogP contribution is -2.23. The van der Waals surface area contributed by atoms with Crippen LogP contribution in [0, 0.1) is 13.8 Å². The highest BCUT2D eigenvalue weighted by atomic mass is 79.9. The molecule has 0 aliphatic heterocycles. The van der Waals surface area contributed by atoms with Crippen molar-refractivity contribution in [2.45, 2.75) is 19.2 Å². The summed E-state index contributed by atoms with van der Waals surface area (Å²) in [7, 11) is -3.47. The Bertz CT molecular complexity index is 915. The maximum absolute atomic E-state index is 14.2. The Morgan fingerprint density at radius 1 is 0.846 bits per heavy atom. The van der Waals surface area contributed by atoms with Crippen LogP contribution in [0.15, 0.2) is 72.8 Å². The van der Waals surface area contributed by atoms with Crippen molar-refractivity contribution in [3.63, 3.8) is 0 Å². The molecule has 0 aliphatic rings. The number of carbonyl (C=O) groups is 1. The highest BCUT2D eigenvalue weighted by molar-refractivity contribution is 9.08. The number of halogens is 1. The second-order valence-corrected chi connectivity index (χ2v) is 9.54. The molecular weight excluding hydrogens is 407 g/mol. The molecule has 0 N–H and O–H groups in total. The third-order valence-corrected chi connectivity index (χ3v) is 7.98. The lowest BCUT2D eigenvalue weighted by Gasteiger charge is -2.20. The van der Waals surface area contributed by atoms with Crippen molar-refractivity contribution in [1.29, 1.82) is 0 Å². The molecule has 0 saturated heterocycles. The van der Waals surface area contributed by atoms with Gasteiger partial charge in [0.05, 0.1) is 0 Å². The highest BCUT2D eigenvalue weighted by Crippen LogP contribution is 2.47. The molecule has 3 rings (SSSR count). The van der Waals surface area contributed by atoms with Crippen LogP contribution in [0.2, 0.25) is 0 Å². The van der Waals surface area contributed by atoms with Gasteiger partial charge in [-0.05, 0) is 30.5 Å². The van der Waals surface area contributed by atoms with Crippen molar-refractivity contribution in [2.24, 2.45) is 0 Å². The van der Waals surface area contributed by atoms with Crippen molar-refractivity contribution < 1.29 is 9.36 Å². The quantitative estimate of drug-likeness (QED) is 0.406. The fraction of sp³-hybridized carbons (Fsp3) is 0.136. The van der Waals surface area contributed by atoms with E-state index in [1.54, 1.807) is 24.3 Å². The van der Waals surface area contributed by atoms with E-state index in [0.29, 0.717) is 16.2 Å². The highest BCUT2D eigenvalue weighted by Gasteiger charge is 2.37. The first kappa shape index (κ1) is 18.8. The molecule has 3 aromatic carbocycles. The number of hydrogen-bond acceptors (Lipinski definition) is 2. The van der Waals surface area contributed by atoms with Crippen LogP contribution in [-0.4, -0.2) is 5.52 Å². The van der Waals surface area contributed by atoms with Gasteiger partial charge in [-0.25, -0.2) is 0 Å². The van der Waals surface area contributed by atoms with Crippen molar-refractivity contribution in [2.75, 3.05) is 0 Å². The fourth-order valence-corrected chi connectivity index (χ4v) is 6.23. The third kappa shape index (κ3) is 3.34. The molecule has 0 bridgehead atoms. The standard InChI is InChI=1S/C22H20BrO2P/c1-16-13-18(15-23)14-17(2)21(16)22(24)26(25,19-9-5-3-6-10-19)20-11-7-4-8-12-20/h3-14H,15H2,1-2H3. The number of alkyl halides is 1. The van der Waals surface area contributed by atoms with Crippen LogP contribution < -0.4 is 10.6 Å². The van der Waals surface area contributed by atoms with Gasteiger partial charge in [-0.2, -0.15) is 0 Å². The zero-order valence-corrected chi connectivity index (χ0v) is 17.3. The van der Waals surface area contributed by atoms with Gasteiger partial charge < -0.3 is 4.57 Å². The van der Waals surface area contributed by atoms with Crippen LogP contribution >= 0.6 is 23.1 Å². The Morgan fingerprint density at radius 2 is 1.27 bits per heavy atom. The Balaban J connectivity index is 2.25. The molecule has 0 aliphatic carbocycles. The smallest absolute Gasteiger partial charge is 0.230 e. The summed E-state index contributed by atoms with van der Waals surface area (Å²) in [4.78, 5) is 13.6. The van der Waals surface area contributed by atoms with Gasteiger partial charge in [-0.1, -0.05) is 88.7 Å². The summed E-state index contributed by atoms with van der Waals surface area (Å²) in [5.74, 6) is 0. The van der Waals surface area contributed by atoms with Gasteiger partial charge in [-0.15, -0.1) is 0 Å². The van der Waals surface area contributed by atoms with E-state index in [4.69, 9.17) is 0 Å². The van der Waals surface area contributed by atoms with Gasteiger partial charge >= 0.3 is 0 Å². The van der Waals surface area contributed by atoms with Crippen LogP contribution in [0.1, 0.15) is 27.0 Å². The van der Waals surface area contributed by atoms with Gasteiger partial charge in [0.25, 0.3) is 0 Å². The lowest BCUT2D eigenvalue weighted by molar-refractivity contribution is 0.107. The fourth-order valence-electron chi connectivity index (χ4n) is 3.28. The first-order chi connectivity index (χ1) is 12.5. The molecule has 0 fully saturated rings. The summed E-state index contributed by atoms with van der Waals surface area (Å²) < 4.78 is 14.2. The van der Waals surface area contributed by atoms with E-state index in [9.17, 15) is 9.36 Å². The van der Waals surface area contributed by atoms with Gasteiger partial charge in [0, 0.05) is 21.5 Å². The number of benzene rings is 3. The minimum Gasteiger partial charge on any atom is -0.305 e. The minimum absolute atomic E-state index is 0.300. The van der Waals surface area contributed by atoms with Crippen LogP contribution in [-0.2, 0) is 9.90 Å². The van der Waals surface area contributed by atoms with E-state index in [2.05, 4.69) is 15.9 Å². The van der Waals surface area contributed by atoms with E-state index >= 15 is 0 Å². The Kier molecular flexibility index (Phi) is 5.60. The summed E-state index contributed by atoms with van der Waals surface area (Å²) in [6.45, 7) is 3.82. The van der Waals surface area contributed by atoms with Gasteiger partial charge in [0.2, 0.25) is 12.7 Å². The zero-order valence-electron chi connectivity index (χ0n) is 14.8. The van der Waals surface area contributed by atoms with Crippen molar-refractivity contribution >= 4 is 39.2 Å². The molecule has 0 heterocycles. The zero-order chi connectivity index (χ0) is 18.7. The minimum atomic E-state index is -3.47. The molecule has 0 aromatic heterocycles. The Hall–Kier alpha value is -1.96. The van der Waals surface area contributed by atoms with E-state index in [1.807, 2.05) is 62.4 Å². The summed E-state index contributed by atoms with van der Waals surface area (Å²) in [6, 6.07) is 22.1.